The van der Waals surface area contributed by atoms with Crippen molar-refractivity contribution in [3.05, 3.63) is 29.3 Å². The highest BCUT2D eigenvalue weighted by Gasteiger charge is 2.20. The second-order valence-corrected chi connectivity index (χ2v) is 7.99. The molecule has 0 fully saturated rings. The summed E-state index contributed by atoms with van der Waals surface area (Å²) >= 11 is 0. The van der Waals surface area contributed by atoms with Gasteiger partial charge in [0.15, 0.2) is 0 Å². The number of benzene rings is 1. The lowest BCUT2D eigenvalue weighted by molar-refractivity contribution is 0.485. The van der Waals surface area contributed by atoms with Gasteiger partial charge in [-0.05, 0) is 68.2 Å². The van der Waals surface area contributed by atoms with Crippen molar-refractivity contribution >= 4 is 10.0 Å². The molecule has 0 spiro atoms. The van der Waals surface area contributed by atoms with Crippen LogP contribution in [-0.4, -0.2) is 14.5 Å². The van der Waals surface area contributed by atoms with Crippen LogP contribution in [0.25, 0.3) is 0 Å². The maximum absolute atomic E-state index is 12.4. The molecule has 3 nitrogen and oxygen atoms in total. The molecule has 0 heterocycles. The Bertz CT molecular complexity index is 564. The Morgan fingerprint density at radius 1 is 1.10 bits per heavy atom. The standard InChI is InChI=1S/C16H25NO2S/c1-12(2)7-8-13(3)17-20(18,19)16-10-9-14-5-4-6-15(14)11-16/h9-13,17H,4-8H2,1-3H3. The fourth-order valence-electron chi connectivity index (χ4n) is 2.69. The molecule has 1 aliphatic carbocycles. The van der Waals surface area contributed by atoms with E-state index in [4.69, 9.17) is 0 Å². The molecular weight excluding hydrogens is 270 g/mol. The molecular formula is C16H25NO2S. The van der Waals surface area contributed by atoms with Crippen molar-refractivity contribution in [1.29, 1.82) is 0 Å². The van der Waals surface area contributed by atoms with E-state index in [-0.39, 0.29) is 6.04 Å². The van der Waals surface area contributed by atoms with Crippen molar-refractivity contribution < 1.29 is 8.42 Å². The third kappa shape index (κ3) is 3.83. The van der Waals surface area contributed by atoms with E-state index in [1.165, 1.54) is 11.1 Å². The highest BCUT2D eigenvalue weighted by atomic mass is 32.2. The fraction of sp³-hybridized carbons (Fsp3) is 0.625. The number of fused-ring (bicyclic) bond motifs is 1. The van der Waals surface area contributed by atoms with Gasteiger partial charge in [-0.1, -0.05) is 19.9 Å². The van der Waals surface area contributed by atoms with Gasteiger partial charge in [0.2, 0.25) is 10.0 Å². The summed E-state index contributed by atoms with van der Waals surface area (Å²) in [7, 11) is -3.38. The summed E-state index contributed by atoms with van der Waals surface area (Å²) in [4.78, 5) is 0.412. The first kappa shape index (κ1) is 15.5. The van der Waals surface area contributed by atoms with Gasteiger partial charge >= 0.3 is 0 Å². The van der Waals surface area contributed by atoms with Crippen LogP contribution in [0.1, 0.15) is 51.2 Å². The largest absolute Gasteiger partial charge is 0.240 e. The van der Waals surface area contributed by atoms with Gasteiger partial charge in [0.1, 0.15) is 0 Å². The Labute approximate surface area is 122 Å². The Morgan fingerprint density at radius 3 is 2.50 bits per heavy atom. The van der Waals surface area contributed by atoms with E-state index in [0.717, 1.165) is 32.1 Å². The highest BCUT2D eigenvalue weighted by Crippen LogP contribution is 2.24. The van der Waals surface area contributed by atoms with Crippen LogP contribution in [0.2, 0.25) is 0 Å². The van der Waals surface area contributed by atoms with Crippen molar-refractivity contribution in [2.45, 2.75) is 63.8 Å². The topological polar surface area (TPSA) is 46.2 Å². The van der Waals surface area contributed by atoms with E-state index in [2.05, 4.69) is 18.6 Å². The molecule has 4 heteroatoms. The monoisotopic (exact) mass is 295 g/mol. The molecule has 0 amide bonds. The summed E-state index contributed by atoms with van der Waals surface area (Å²) in [5.41, 5.74) is 2.50. The molecule has 1 aromatic rings. The SMILES string of the molecule is CC(C)CCC(C)NS(=O)(=O)c1ccc2c(c1)CCC2. The minimum Gasteiger partial charge on any atom is -0.208 e. The minimum atomic E-state index is -3.38. The number of aryl methyl sites for hydroxylation is 2. The second-order valence-electron chi connectivity index (χ2n) is 6.28. The smallest absolute Gasteiger partial charge is 0.208 e. The summed E-state index contributed by atoms with van der Waals surface area (Å²) in [6.45, 7) is 6.25. The molecule has 0 radical (unpaired) electrons. The normalized spacial score (nSPS) is 16.4. The number of rotatable bonds is 6. The number of hydrogen-bond donors (Lipinski definition) is 1. The first-order valence-corrected chi connectivity index (χ1v) is 9.01. The van der Waals surface area contributed by atoms with Crippen molar-refractivity contribution in [2.24, 2.45) is 5.92 Å². The average molecular weight is 295 g/mol. The Balaban J connectivity index is 2.06. The molecule has 1 aromatic carbocycles. The van der Waals surface area contributed by atoms with Crippen molar-refractivity contribution in [1.82, 2.24) is 4.72 Å². The zero-order chi connectivity index (χ0) is 14.8. The lowest BCUT2D eigenvalue weighted by atomic mass is 10.1. The zero-order valence-electron chi connectivity index (χ0n) is 12.6. The highest BCUT2D eigenvalue weighted by molar-refractivity contribution is 7.89. The quantitative estimate of drug-likeness (QED) is 0.875. The van der Waals surface area contributed by atoms with Crippen LogP contribution in [0.3, 0.4) is 0 Å². The van der Waals surface area contributed by atoms with E-state index in [9.17, 15) is 8.42 Å². The summed E-state index contributed by atoms with van der Waals surface area (Å²) in [6.07, 6.45) is 5.13. The van der Waals surface area contributed by atoms with Crippen LogP contribution in [0.4, 0.5) is 0 Å². The summed E-state index contributed by atoms with van der Waals surface area (Å²) in [5, 5.41) is 0. The van der Waals surface area contributed by atoms with Gasteiger partial charge in [0.25, 0.3) is 0 Å². The molecule has 1 N–H and O–H groups in total. The molecule has 0 saturated heterocycles. The molecule has 0 saturated carbocycles. The first-order chi connectivity index (χ1) is 9.38. The molecule has 112 valence electrons. The van der Waals surface area contributed by atoms with Gasteiger partial charge in [0, 0.05) is 6.04 Å². The van der Waals surface area contributed by atoms with Crippen LogP contribution in [0, 0.1) is 5.92 Å². The number of hydrogen-bond acceptors (Lipinski definition) is 2. The van der Waals surface area contributed by atoms with Crippen LogP contribution in [0.15, 0.2) is 23.1 Å². The lowest BCUT2D eigenvalue weighted by Gasteiger charge is -2.16. The minimum absolute atomic E-state index is 0.0179. The van der Waals surface area contributed by atoms with Gasteiger partial charge in [-0.25, -0.2) is 13.1 Å². The Hall–Kier alpha value is -0.870. The fourth-order valence-corrected chi connectivity index (χ4v) is 4.02. The van der Waals surface area contributed by atoms with E-state index < -0.39 is 10.0 Å². The van der Waals surface area contributed by atoms with Gasteiger partial charge in [0.05, 0.1) is 4.90 Å². The van der Waals surface area contributed by atoms with Gasteiger partial charge in [-0.3, -0.25) is 0 Å². The molecule has 2 rings (SSSR count). The van der Waals surface area contributed by atoms with Gasteiger partial charge in [-0.2, -0.15) is 0 Å². The number of sulfonamides is 1. The molecule has 0 aromatic heterocycles. The summed E-state index contributed by atoms with van der Waals surface area (Å²) in [5.74, 6) is 0.599. The summed E-state index contributed by atoms with van der Waals surface area (Å²) < 4.78 is 27.5. The third-order valence-electron chi connectivity index (χ3n) is 3.91. The van der Waals surface area contributed by atoms with Crippen molar-refractivity contribution in [2.75, 3.05) is 0 Å². The molecule has 0 aliphatic heterocycles. The van der Waals surface area contributed by atoms with Crippen molar-refractivity contribution in [3.8, 4) is 0 Å². The van der Waals surface area contributed by atoms with Crippen LogP contribution in [0.5, 0.6) is 0 Å². The Morgan fingerprint density at radius 2 is 1.80 bits per heavy atom. The van der Waals surface area contributed by atoms with E-state index in [1.54, 1.807) is 6.07 Å². The van der Waals surface area contributed by atoms with Crippen LogP contribution >= 0.6 is 0 Å². The van der Waals surface area contributed by atoms with Crippen LogP contribution in [-0.2, 0) is 22.9 Å². The summed E-state index contributed by atoms with van der Waals surface area (Å²) in [6, 6.07) is 5.53. The Kier molecular flexibility index (Phi) is 4.86. The van der Waals surface area contributed by atoms with Crippen LogP contribution < -0.4 is 4.72 Å². The second kappa shape index (κ2) is 6.27. The average Bonchev–Trinajstić information content (AvgIpc) is 2.83. The number of nitrogens with one attached hydrogen (secondary N) is 1. The third-order valence-corrected chi connectivity index (χ3v) is 5.50. The maximum Gasteiger partial charge on any atom is 0.240 e. The van der Waals surface area contributed by atoms with E-state index in [1.807, 2.05) is 19.1 Å². The predicted octanol–water partition coefficient (Wildman–Crippen LogP) is 3.28. The molecule has 1 aliphatic rings. The zero-order valence-corrected chi connectivity index (χ0v) is 13.5. The first-order valence-electron chi connectivity index (χ1n) is 7.52. The predicted molar refractivity (Wildman–Crippen MR) is 82.3 cm³/mol. The van der Waals surface area contributed by atoms with E-state index >= 15 is 0 Å². The van der Waals surface area contributed by atoms with Gasteiger partial charge < -0.3 is 0 Å². The molecule has 1 atom stereocenters. The molecule has 1 unspecified atom stereocenters. The van der Waals surface area contributed by atoms with Crippen molar-refractivity contribution in [3.63, 3.8) is 0 Å². The molecule has 20 heavy (non-hydrogen) atoms. The maximum atomic E-state index is 12.4. The van der Waals surface area contributed by atoms with E-state index in [0.29, 0.717) is 10.8 Å². The lowest BCUT2D eigenvalue weighted by Crippen LogP contribution is -2.32. The van der Waals surface area contributed by atoms with Gasteiger partial charge in [-0.15, -0.1) is 0 Å². The molecule has 0 bridgehead atoms.